The zero-order valence-electron chi connectivity index (χ0n) is 10.3. The lowest BCUT2D eigenvalue weighted by Crippen LogP contribution is -2.33. The van der Waals surface area contributed by atoms with E-state index in [1.807, 2.05) is 13.0 Å². The molecule has 0 saturated carbocycles. The smallest absolute Gasteiger partial charge is 0.176 e. The van der Waals surface area contributed by atoms with Crippen LogP contribution < -0.4 is 5.32 Å². The summed E-state index contributed by atoms with van der Waals surface area (Å²) in [5, 5.41) is 3.87. The Morgan fingerprint density at radius 2 is 2.00 bits per heavy atom. The van der Waals surface area contributed by atoms with Crippen LogP contribution in [0, 0.1) is 0 Å². The highest BCUT2D eigenvalue weighted by Crippen LogP contribution is 2.30. The number of aromatic nitrogens is 2. The third kappa shape index (κ3) is 2.56. The normalized spacial score (nSPS) is 13.2. The first-order valence-corrected chi connectivity index (χ1v) is 6.51. The van der Waals surface area contributed by atoms with Gasteiger partial charge >= 0.3 is 0 Å². The predicted octanol–water partition coefficient (Wildman–Crippen LogP) is 2.76. The van der Waals surface area contributed by atoms with Gasteiger partial charge in [-0.1, -0.05) is 11.6 Å². The number of fused-ring (bicyclic) bond motifs is 1. The van der Waals surface area contributed by atoms with E-state index in [0.717, 1.165) is 28.4 Å². The number of rotatable bonds is 5. The average molecular weight is 288 g/mol. The average Bonchev–Trinajstić information content (AvgIpc) is 2.83. The van der Waals surface area contributed by atoms with Gasteiger partial charge in [-0.25, -0.2) is 0 Å². The molecule has 5 nitrogen and oxygen atoms in total. The van der Waals surface area contributed by atoms with Crippen LogP contribution in [-0.4, -0.2) is 35.3 Å². The van der Waals surface area contributed by atoms with Gasteiger partial charge in [0.15, 0.2) is 6.29 Å². The lowest BCUT2D eigenvalue weighted by Gasteiger charge is -2.23. The molecule has 2 rings (SSSR count). The predicted molar refractivity (Wildman–Crippen MR) is 73.3 cm³/mol. The second-order valence-corrected chi connectivity index (χ2v) is 4.76. The molecule has 0 aliphatic heterocycles. The second-order valence-electron chi connectivity index (χ2n) is 3.83. The minimum Gasteiger partial charge on any atom is -0.374 e. The molecule has 0 spiro atoms. The fraction of sp³-hybridized carbons (Fsp3) is 0.455. The van der Waals surface area contributed by atoms with E-state index >= 15 is 0 Å². The number of anilines is 1. The van der Waals surface area contributed by atoms with E-state index in [9.17, 15) is 0 Å². The Kier molecular flexibility index (Phi) is 4.34. The van der Waals surface area contributed by atoms with Crippen molar-refractivity contribution < 1.29 is 9.47 Å². The first-order valence-electron chi connectivity index (χ1n) is 5.40. The third-order valence-electron chi connectivity index (χ3n) is 2.62. The van der Waals surface area contributed by atoms with Gasteiger partial charge in [-0.05, 0) is 19.1 Å². The van der Waals surface area contributed by atoms with Gasteiger partial charge in [0, 0.05) is 14.2 Å². The first kappa shape index (κ1) is 13.5. The van der Waals surface area contributed by atoms with Crippen molar-refractivity contribution in [1.29, 1.82) is 0 Å². The Morgan fingerprint density at radius 1 is 1.28 bits per heavy atom. The molecular weight excluding hydrogens is 274 g/mol. The van der Waals surface area contributed by atoms with E-state index in [1.54, 1.807) is 20.3 Å². The Labute approximate surface area is 114 Å². The molecule has 2 aromatic rings. The van der Waals surface area contributed by atoms with E-state index in [0.29, 0.717) is 5.02 Å². The number of nitrogens with zero attached hydrogens (tertiary/aromatic N) is 2. The van der Waals surface area contributed by atoms with E-state index in [2.05, 4.69) is 14.1 Å². The van der Waals surface area contributed by atoms with Crippen molar-refractivity contribution in [3.8, 4) is 0 Å². The summed E-state index contributed by atoms with van der Waals surface area (Å²) in [4.78, 5) is 0. The summed E-state index contributed by atoms with van der Waals surface area (Å²) < 4.78 is 18.8. The number of hydrogen-bond donors (Lipinski definition) is 1. The van der Waals surface area contributed by atoms with Crippen molar-refractivity contribution in [2.75, 3.05) is 19.5 Å². The zero-order valence-corrected chi connectivity index (χ0v) is 11.9. The summed E-state index contributed by atoms with van der Waals surface area (Å²) in [7, 11) is 3.19. The van der Waals surface area contributed by atoms with Crippen LogP contribution in [0.15, 0.2) is 12.1 Å². The van der Waals surface area contributed by atoms with Crippen LogP contribution in [0.1, 0.15) is 6.92 Å². The maximum absolute atomic E-state index is 6.19. The number of halogens is 1. The van der Waals surface area contributed by atoms with E-state index < -0.39 is 0 Å². The first-order chi connectivity index (χ1) is 8.67. The Hall–Kier alpha value is -0.950. The molecule has 7 heteroatoms. The van der Waals surface area contributed by atoms with Crippen LogP contribution in [0.5, 0.6) is 0 Å². The monoisotopic (exact) mass is 287 g/mol. The van der Waals surface area contributed by atoms with Crippen LogP contribution in [0.2, 0.25) is 5.02 Å². The molecule has 0 amide bonds. The number of benzene rings is 1. The van der Waals surface area contributed by atoms with Gasteiger partial charge in [0.1, 0.15) is 11.0 Å². The summed E-state index contributed by atoms with van der Waals surface area (Å²) in [5.41, 5.74) is 2.35. The molecule has 0 radical (unpaired) electrons. The van der Waals surface area contributed by atoms with Gasteiger partial charge in [-0.15, -0.1) is 0 Å². The number of hydrogen-bond acceptors (Lipinski definition) is 6. The standard InChI is InChI=1S/C11H14ClN3O2S/c1-6(11(16-2)17-3)13-9-7(12)4-5-8-10(9)15-18-14-8/h4-6,11,13H,1-3H3. The summed E-state index contributed by atoms with van der Waals surface area (Å²) >= 11 is 7.35. The van der Waals surface area contributed by atoms with Crippen LogP contribution in [0.4, 0.5) is 5.69 Å². The van der Waals surface area contributed by atoms with E-state index in [1.165, 1.54) is 0 Å². The summed E-state index contributed by atoms with van der Waals surface area (Å²) in [5.74, 6) is 0. The lowest BCUT2D eigenvalue weighted by molar-refractivity contribution is -0.109. The molecular formula is C11H14ClN3O2S. The molecule has 98 valence electrons. The van der Waals surface area contributed by atoms with Gasteiger partial charge in [-0.3, -0.25) is 0 Å². The number of methoxy groups -OCH3 is 2. The van der Waals surface area contributed by atoms with Gasteiger partial charge in [0.25, 0.3) is 0 Å². The summed E-state index contributed by atoms with van der Waals surface area (Å²) in [6, 6.07) is 3.58. The molecule has 0 aliphatic rings. The summed E-state index contributed by atoms with van der Waals surface area (Å²) in [6.07, 6.45) is -0.358. The molecule has 18 heavy (non-hydrogen) atoms. The zero-order chi connectivity index (χ0) is 13.1. The Balaban J connectivity index is 2.30. The van der Waals surface area contributed by atoms with Gasteiger partial charge in [0.2, 0.25) is 0 Å². The van der Waals surface area contributed by atoms with Crippen LogP contribution in [0.3, 0.4) is 0 Å². The van der Waals surface area contributed by atoms with Crippen molar-refractivity contribution in [2.45, 2.75) is 19.3 Å². The van der Waals surface area contributed by atoms with Crippen LogP contribution in [0.25, 0.3) is 11.0 Å². The quantitative estimate of drug-likeness (QED) is 0.857. The maximum atomic E-state index is 6.19. The Morgan fingerprint density at radius 3 is 2.67 bits per heavy atom. The van der Waals surface area contributed by atoms with Gasteiger partial charge in [0.05, 0.1) is 28.5 Å². The maximum Gasteiger partial charge on any atom is 0.176 e. The van der Waals surface area contributed by atoms with Crippen LogP contribution >= 0.6 is 23.3 Å². The molecule has 0 saturated heterocycles. The molecule has 0 aliphatic carbocycles. The molecule has 1 atom stereocenters. The number of nitrogens with one attached hydrogen (secondary N) is 1. The highest BCUT2D eigenvalue weighted by Gasteiger charge is 2.19. The fourth-order valence-corrected chi connectivity index (χ4v) is 2.51. The molecule has 1 N–H and O–H groups in total. The van der Waals surface area contributed by atoms with Crippen molar-refractivity contribution in [3.63, 3.8) is 0 Å². The van der Waals surface area contributed by atoms with Crippen molar-refractivity contribution in [3.05, 3.63) is 17.2 Å². The molecule has 1 aromatic heterocycles. The molecule has 1 heterocycles. The fourth-order valence-electron chi connectivity index (χ4n) is 1.76. The van der Waals surface area contributed by atoms with E-state index in [-0.39, 0.29) is 12.3 Å². The largest absolute Gasteiger partial charge is 0.374 e. The molecule has 1 unspecified atom stereocenters. The second kappa shape index (κ2) is 5.79. The highest BCUT2D eigenvalue weighted by atomic mass is 35.5. The molecule has 1 aromatic carbocycles. The lowest BCUT2D eigenvalue weighted by atomic mass is 10.2. The van der Waals surface area contributed by atoms with Crippen LogP contribution in [-0.2, 0) is 9.47 Å². The van der Waals surface area contributed by atoms with Gasteiger partial charge in [-0.2, -0.15) is 8.75 Å². The minimum atomic E-state index is -0.358. The SMILES string of the molecule is COC(OC)C(C)Nc1c(Cl)ccc2nsnc12. The van der Waals surface area contributed by atoms with Crippen molar-refractivity contribution >= 4 is 40.0 Å². The summed E-state index contributed by atoms with van der Waals surface area (Å²) in [6.45, 7) is 1.95. The molecule has 0 bridgehead atoms. The topological polar surface area (TPSA) is 56.3 Å². The highest BCUT2D eigenvalue weighted by molar-refractivity contribution is 7.00. The third-order valence-corrected chi connectivity index (χ3v) is 3.48. The Bertz CT molecular complexity index is 530. The van der Waals surface area contributed by atoms with Gasteiger partial charge < -0.3 is 14.8 Å². The number of ether oxygens (including phenoxy) is 2. The van der Waals surface area contributed by atoms with Crippen molar-refractivity contribution in [2.24, 2.45) is 0 Å². The van der Waals surface area contributed by atoms with E-state index in [4.69, 9.17) is 21.1 Å². The van der Waals surface area contributed by atoms with Crippen molar-refractivity contribution in [1.82, 2.24) is 8.75 Å². The molecule has 0 fully saturated rings. The minimum absolute atomic E-state index is 0.0650.